The third kappa shape index (κ3) is 6.39. The molecule has 8 heteroatoms. The first kappa shape index (κ1) is 28.8. The Labute approximate surface area is 255 Å². The number of hydrogen-bond donors (Lipinski definition) is 3. The number of halogens is 2. The minimum absolute atomic E-state index is 0.0669. The summed E-state index contributed by atoms with van der Waals surface area (Å²) in [4.78, 5) is 15.9. The lowest BCUT2D eigenvalue weighted by Gasteiger charge is -2.27. The molecule has 0 aliphatic carbocycles. The van der Waals surface area contributed by atoms with Crippen molar-refractivity contribution in [3.63, 3.8) is 0 Å². The number of aliphatic hydroxyl groups excluding tert-OH is 1. The van der Waals surface area contributed by atoms with Crippen LogP contribution in [0.1, 0.15) is 34.1 Å². The van der Waals surface area contributed by atoms with Crippen molar-refractivity contribution < 1.29 is 14.3 Å². The Morgan fingerprint density at radius 1 is 0.977 bits per heavy atom. The highest BCUT2D eigenvalue weighted by Gasteiger charge is 2.45. The Morgan fingerprint density at radius 2 is 1.65 bits per heavy atom. The van der Waals surface area contributed by atoms with E-state index in [4.69, 9.17) is 11.6 Å². The van der Waals surface area contributed by atoms with Crippen molar-refractivity contribution in [2.45, 2.75) is 30.5 Å². The van der Waals surface area contributed by atoms with Gasteiger partial charge in [-0.15, -0.1) is 0 Å². The number of amides is 1. The number of aromatic amines is 1. The number of rotatable bonds is 9. The van der Waals surface area contributed by atoms with Crippen LogP contribution >= 0.6 is 11.6 Å². The van der Waals surface area contributed by atoms with E-state index < -0.39 is 18.1 Å². The standard InChI is InChI=1S/C35H32ClFN4O2/c36-28-16-14-25(15-17-28)32-27(19-39-40-32)21-41-22-31(26-12-7-13-29(37)18-26)34(42)33(41)35(43)38-20-30(23-8-3-1-4-9-23)24-10-5-2-6-11-24/h1-19,30-31,33-34,42H,20-22H2,(H,38,43)(H,39,40)/t31-,33+,34-/m1/s1. The van der Waals surface area contributed by atoms with Crippen molar-refractivity contribution in [2.75, 3.05) is 13.1 Å². The molecule has 3 N–H and O–H groups in total. The first-order valence-electron chi connectivity index (χ1n) is 14.3. The fourth-order valence-corrected chi connectivity index (χ4v) is 6.18. The second-order valence-electron chi connectivity index (χ2n) is 10.9. The third-order valence-electron chi connectivity index (χ3n) is 8.21. The van der Waals surface area contributed by atoms with Crippen LogP contribution in [-0.2, 0) is 11.3 Å². The molecule has 1 fully saturated rings. The molecule has 0 radical (unpaired) electrons. The minimum Gasteiger partial charge on any atom is -0.390 e. The Balaban J connectivity index is 1.28. The summed E-state index contributed by atoms with van der Waals surface area (Å²) in [5, 5.41) is 22.7. The summed E-state index contributed by atoms with van der Waals surface area (Å²) in [6, 6.07) is 32.9. The average molecular weight is 595 g/mol. The summed E-state index contributed by atoms with van der Waals surface area (Å²) in [5.41, 5.74) is 5.42. The molecule has 5 aromatic rings. The number of carbonyl (C=O) groups is 1. The molecule has 43 heavy (non-hydrogen) atoms. The quantitative estimate of drug-likeness (QED) is 0.191. The topological polar surface area (TPSA) is 81.2 Å². The van der Waals surface area contributed by atoms with Crippen LogP contribution in [0.25, 0.3) is 11.3 Å². The number of likely N-dealkylation sites (tertiary alicyclic amines) is 1. The van der Waals surface area contributed by atoms with E-state index in [-0.39, 0.29) is 17.6 Å². The fourth-order valence-electron chi connectivity index (χ4n) is 6.06. The van der Waals surface area contributed by atoms with Gasteiger partial charge in [0.05, 0.1) is 18.0 Å². The average Bonchev–Trinajstić information content (AvgIpc) is 3.62. The van der Waals surface area contributed by atoms with Gasteiger partial charge < -0.3 is 10.4 Å². The molecule has 6 nitrogen and oxygen atoms in total. The van der Waals surface area contributed by atoms with E-state index in [1.165, 1.54) is 12.1 Å². The van der Waals surface area contributed by atoms with Crippen molar-refractivity contribution in [1.82, 2.24) is 20.4 Å². The smallest absolute Gasteiger partial charge is 0.240 e. The zero-order chi connectivity index (χ0) is 29.8. The zero-order valence-corrected chi connectivity index (χ0v) is 24.2. The molecule has 218 valence electrons. The van der Waals surface area contributed by atoms with E-state index in [2.05, 4.69) is 39.8 Å². The highest BCUT2D eigenvalue weighted by molar-refractivity contribution is 6.30. The van der Waals surface area contributed by atoms with Crippen LogP contribution in [0, 0.1) is 5.82 Å². The number of H-pyrrole nitrogens is 1. The van der Waals surface area contributed by atoms with Crippen molar-refractivity contribution in [3.05, 3.63) is 148 Å². The Morgan fingerprint density at radius 3 is 2.30 bits per heavy atom. The zero-order valence-electron chi connectivity index (χ0n) is 23.4. The first-order valence-corrected chi connectivity index (χ1v) is 14.7. The van der Waals surface area contributed by atoms with Crippen LogP contribution in [0.2, 0.25) is 5.02 Å². The second-order valence-corrected chi connectivity index (χ2v) is 11.4. The van der Waals surface area contributed by atoms with Gasteiger partial charge in [0.15, 0.2) is 0 Å². The number of nitrogens with one attached hydrogen (secondary N) is 2. The van der Waals surface area contributed by atoms with E-state index in [1.54, 1.807) is 18.3 Å². The molecule has 2 heterocycles. The molecule has 1 aromatic heterocycles. The van der Waals surface area contributed by atoms with Crippen molar-refractivity contribution in [1.29, 1.82) is 0 Å². The Bertz CT molecular complexity index is 1620. The number of aliphatic hydroxyl groups is 1. The van der Waals surface area contributed by atoms with Crippen LogP contribution < -0.4 is 5.32 Å². The predicted molar refractivity (Wildman–Crippen MR) is 166 cm³/mol. The molecule has 0 unspecified atom stereocenters. The van der Waals surface area contributed by atoms with E-state index >= 15 is 0 Å². The van der Waals surface area contributed by atoms with E-state index in [0.29, 0.717) is 30.2 Å². The van der Waals surface area contributed by atoms with Gasteiger partial charge in [0.25, 0.3) is 0 Å². The summed E-state index contributed by atoms with van der Waals surface area (Å²) in [5.74, 6) is -1.17. The Kier molecular flexibility index (Phi) is 8.65. The normalized spacial score (nSPS) is 18.7. The number of carbonyl (C=O) groups excluding carboxylic acids is 1. The maximum absolute atomic E-state index is 14.2. The lowest BCUT2D eigenvalue weighted by atomic mass is 9.90. The van der Waals surface area contributed by atoms with Gasteiger partial charge in [0.2, 0.25) is 5.91 Å². The van der Waals surface area contributed by atoms with Gasteiger partial charge in [0, 0.05) is 42.1 Å². The van der Waals surface area contributed by atoms with Crippen LogP contribution in [0.15, 0.2) is 115 Å². The summed E-state index contributed by atoms with van der Waals surface area (Å²) < 4.78 is 14.2. The molecule has 1 aliphatic heterocycles. The van der Waals surface area contributed by atoms with Crippen molar-refractivity contribution >= 4 is 17.5 Å². The molecule has 4 aromatic carbocycles. The molecule has 1 aliphatic rings. The lowest BCUT2D eigenvalue weighted by Crippen LogP contribution is -2.48. The summed E-state index contributed by atoms with van der Waals surface area (Å²) in [6.07, 6.45) is 0.696. The van der Waals surface area contributed by atoms with Gasteiger partial charge >= 0.3 is 0 Å². The van der Waals surface area contributed by atoms with Gasteiger partial charge in [-0.3, -0.25) is 14.8 Å². The van der Waals surface area contributed by atoms with Crippen molar-refractivity contribution in [3.8, 4) is 11.3 Å². The van der Waals surface area contributed by atoms with Gasteiger partial charge in [0.1, 0.15) is 11.9 Å². The highest BCUT2D eigenvalue weighted by atomic mass is 35.5. The molecule has 0 bridgehead atoms. The Hall–Kier alpha value is -4.30. The summed E-state index contributed by atoms with van der Waals surface area (Å²) in [6.45, 7) is 1.08. The number of hydrogen-bond acceptors (Lipinski definition) is 4. The summed E-state index contributed by atoms with van der Waals surface area (Å²) >= 11 is 6.10. The maximum Gasteiger partial charge on any atom is 0.240 e. The van der Waals surface area contributed by atoms with Crippen molar-refractivity contribution in [2.24, 2.45) is 0 Å². The third-order valence-corrected chi connectivity index (χ3v) is 8.47. The second kappa shape index (κ2) is 12.9. The van der Waals surface area contributed by atoms with Crippen LogP contribution in [-0.4, -0.2) is 51.3 Å². The maximum atomic E-state index is 14.2. The van der Waals surface area contributed by atoms with Crippen LogP contribution in [0.3, 0.4) is 0 Å². The van der Waals surface area contributed by atoms with Crippen LogP contribution in [0.4, 0.5) is 4.39 Å². The number of benzene rings is 4. The predicted octanol–water partition coefficient (Wildman–Crippen LogP) is 6.15. The molecule has 0 spiro atoms. The molecular weight excluding hydrogens is 563 g/mol. The number of nitrogens with zero attached hydrogens (tertiary/aromatic N) is 2. The largest absolute Gasteiger partial charge is 0.390 e. The van der Waals surface area contributed by atoms with Gasteiger partial charge in [-0.25, -0.2) is 4.39 Å². The summed E-state index contributed by atoms with van der Waals surface area (Å²) in [7, 11) is 0. The molecule has 0 saturated carbocycles. The van der Waals surface area contributed by atoms with E-state index in [0.717, 1.165) is 27.9 Å². The molecular formula is C35H32ClFN4O2. The SMILES string of the molecule is O=C(NCC(c1ccccc1)c1ccccc1)[C@@H]1[C@H](O)[C@@H](c2cccc(F)c2)CN1Cc1cn[nH]c1-c1ccc(Cl)cc1. The molecule has 1 saturated heterocycles. The lowest BCUT2D eigenvalue weighted by molar-refractivity contribution is -0.128. The molecule has 1 amide bonds. The van der Waals surface area contributed by atoms with E-state index in [9.17, 15) is 14.3 Å². The highest BCUT2D eigenvalue weighted by Crippen LogP contribution is 2.35. The van der Waals surface area contributed by atoms with E-state index in [1.807, 2.05) is 65.6 Å². The fraction of sp³-hybridized carbons (Fsp3) is 0.200. The van der Waals surface area contributed by atoms with Gasteiger partial charge in [-0.05, 0) is 46.5 Å². The monoisotopic (exact) mass is 594 g/mol. The molecule has 6 rings (SSSR count). The van der Waals surface area contributed by atoms with Gasteiger partial charge in [-0.1, -0.05) is 96.5 Å². The first-order chi connectivity index (χ1) is 21.0. The minimum atomic E-state index is -1.04. The molecule has 3 atom stereocenters. The van der Waals surface area contributed by atoms with Gasteiger partial charge in [-0.2, -0.15) is 5.10 Å². The number of aromatic nitrogens is 2. The van der Waals surface area contributed by atoms with Crippen LogP contribution in [0.5, 0.6) is 0 Å².